The van der Waals surface area contributed by atoms with Crippen molar-refractivity contribution < 1.29 is 9.84 Å². The smallest absolute Gasteiger partial charge is 0.0920 e. The summed E-state index contributed by atoms with van der Waals surface area (Å²) in [7, 11) is 0. The normalized spacial score (nSPS) is 46.2. The van der Waals surface area contributed by atoms with Gasteiger partial charge in [-0.05, 0) is 32.1 Å². The zero-order chi connectivity index (χ0) is 8.60. The summed E-state index contributed by atoms with van der Waals surface area (Å²) >= 11 is 0. The standard InChI is InChI=1S/C10H16O2/c1-10-5-4-8(3-2-6-11)7-9(10)12-10/h2-3,8-9,11H,4-7H2,1H3. The molecule has 2 aliphatic rings. The second-order valence-electron chi connectivity index (χ2n) is 4.06. The van der Waals surface area contributed by atoms with Gasteiger partial charge in [-0.1, -0.05) is 12.2 Å². The number of rotatable bonds is 2. The molecule has 0 bridgehead atoms. The highest BCUT2D eigenvalue weighted by Gasteiger charge is 2.54. The molecule has 3 atom stereocenters. The van der Waals surface area contributed by atoms with Gasteiger partial charge in [-0.25, -0.2) is 0 Å². The SMILES string of the molecule is CC12CCC(C=CCO)CC1O2. The molecule has 1 heterocycles. The van der Waals surface area contributed by atoms with Crippen LogP contribution < -0.4 is 0 Å². The van der Waals surface area contributed by atoms with E-state index in [1.165, 1.54) is 12.8 Å². The number of allylic oxidation sites excluding steroid dienone is 1. The largest absolute Gasteiger partial charge is 0.392 e. The first-order valence-corrected chi connectivity index (χ1v) is 4.70. The molecule has 3 unspecified atom stereocenters. The van der Waals surface area contributed by atoms with Gasteiger partial charge in [0, 0.05) is 0 Å². The number of hydrogen-bond acceptors (Lipinski definition) is 2. The van der Waals surface area contributed by atoms with Crippen LogP contribution in [-0.4, -0.2) is 23.4 Å². The lowest BCUT2D eigenvalue weighted by atomic mass is 9.83. The third-order valence-corrected chi connectivity index (χ3v) is 3.08. The Morgan fingerprint density at radius 1 is 1.67 bits per heavy atom. The minimum atomic E-state index is 0.166. The van der Waals surface area contributed by atoms with Crippen LogP contribution >= 0.6 is 0 Å². The first-order valence-electron chi connectivity index (χ1n) is 4.70. The van der Waals surface area contributed by atoms with Crippen LogP contribution in [0.2, 0.25) is 0 Å². The fourth-order valence-electron chi connectivity index (χ4n) is 2.10. The maximum absolute atomic E-state index is 8.61. The molecule has 2 fully saturated rings. The van der Waals surface area contributed by atoms with Crippen LogP contribution in [-0.2, 0) is 4.74 Å². The lowest BCUT2D eigenvalue weighted by molar-refractivity contribution is 0.303. The van der Waals surface area contributed by atoms with Crippen LogP contribution in [0.3, 0.4) is 0 Å². The van der Waals surface area contributed by atoms with E-state index in [1.807, 2.05) is 6.08 Å². The van der Waals surface area contributed by atoms with Crippen LogP contribution in [0.5, 0.6) is 0 Å². The molecule has 0 radical (unpaired) electrons. The van der Waals surface area contributed by atoms with Gasteiger partial charge in [0.05, 0.1) is 18.3 Å². The van der Waals surface area contributed by atoms with Crippen molar-refractivity contribution in [2.45, 2.75) is 37.9 Å². The molecule has 1 aliphatic carbocycles. The maximum atomic E-state index is 8.61. The molecule has 1 N–H and O–H groups in total. The Morgan fingerprint density at radius 3 is 3.17 bits per heavy atom. The minimum absolute atomic E-state index is 0.166. The summed E-state index contributed by atoms with van der Waals surface area (Å²) in [6, 6.07) is 0. The average molecular weight is 168 g/mol. The zero-order valence-corrected chi connectivity index (χ0v) is 7.49. The summed E-state index contributed by atoms with van der Waals surface area (Å²) < 4.78 is 5.58. The molecular formula is C10H16O2. The van der Waals surface area contributed by atoms with Gasteiger partial charge in [0.15, 0.2) is 0 Å². The number of hydrogen-bond donors (Lipinski definition) is 1. The van der Waals surface area contributed by atoms with Gasteiger partial charge in [0.25, 0.3) is 0 Å². The Morgan fingerprint density at radius 2 is 2.50 bits per heavy atom. The molecule has 1 aliphatic heterocycles. The van der Waals surface area contributed by atoms with Crippen LogP contribution in [0, 0.1) is 5.92 Å². The molecule has 2 heteroatoms. The monoisotopic (exact) mass is 168 g/mol. The van der Waals surface area contributed by atoms with E-state index in [1.54, 1.807) is 0 Å². The van der Waals surface area contributed by atoms with E-state index in [-0.39, 0.29) is 12.2 Å². The molecular weight excluding hydrogens is 152 g/mol. The molecule has 12 heavy (non-hydrogen) atoms. The Labute approximate surface area is 73.2 Å². The predicted octanol–water partition coefficient (Wildman–Crippen LogP) is 1.49. The Balaban J connectivity index is 1.85. The van der Waals surface area contributed by atoms with Gasteiger partial charge in [0.2, 0.25) is 0 Å². The number of aliphatic hydroxyl groups is 1. The Bertz CT molecular complexity index is 200. The van der Waals surface area contributed by atoms with Gasteiger partial charge in [-0.3, -0.25) is 0 Å². The fraction of sp³-hybridized carbons (Fsp3) is 0.800. The predicted molar refractivity (Wildman–Crippen MR) is 46.8 cm³/mol. The van der Waals surface area contributed by atoms with Crippen LogP contribution in [0.15, 0.2) is 12.2 Å². The van der Waals surface area contributed by atoms with E-state index in [0.29, 0.717) is 12.0 Å². The molecule has 0 aromatic heterocycles. The number of fused-ring (bicyclic) bond motifs is 1. The summed E-state index contributed by atoms with van der Waals surface area (Å²) in [5, 5.41) is 8.61. The minimum Gasteiger partial charge on any atom is -0.392 e. The lowest BCUT2D eigenvalue weighted by Crippen LogP contribution is -2.19. The van der Waals surface area contributed by atoms with Gasteiger partial charge in [0.1, 0.15) is 0 Å². The van der Waals surface area contributed by atoms with Crippen molar-refractivity contribution in [1.82, 2.24) is 0 Å². The Kier molecular flexibility index (Phi) is 1.97. The average Bonchev–Trinajstić information content (AvgIpc) is 2.72. The van der Waals surface area contributed by atoms with Crippen molar-refractivity contribution in [3.8, 4) is 0 Å². The number of ether oxygens (including phenoxy) is 1. The summed E-state index contributed by atoms with van der Waals surface area (Å²) in [6.07, 6.45) is 8.01. The van der Waals surface area contributed by atoms with E-state index < -0.39 is 0 Å². The molecule has 1 saturated carbocycles. The lowest BCUT2D eigenvalue weighted by Gasteiger charge is -2.18. The third kappa shape index (κ3) is 1.41. The van der Waals surface area contributed by atoms with E-state index in [2.05, 4.69) is 13.0 Å². The van der Waals surface area contributed by atoms with Crippen molar-refractivity contribution in [3.05, 3.63) is 12.2 Å². The van der Waals surface area contributed by atoms with E-state index in [0.717, 1.165) is 6.42 Å². The molecule has 0 aromatic rings. The summed E-state index contributed by atoms with van der Waals surface area (Å²) in [5.41, 5.74) is 0.226. The van der Waals surface area contributed by atoms with E-state index in [4.69, 9.17) is 9.84 Å². The van der Waals surface area contributed by atoms with Crippen LogP contribution in [0.25, 0.3) is 0 Å². The van der Waals surface area contributed by atoms with Crippen LogP contribution in [0.1, 0.15) is 26.2 Å². The zero-order valence-electron chi connectivity index (χ0n) is 7.49. The highest BCUT2D eigenvalue weighted by Crippen LogP contribution is 2.49. The second-order valence-corrected chi connectivity index (χ2v) is 4.06. The first-order chi connectivity index (χ1) is 5.74. The number of aliphatic hydroxyl groups excluding tert-OH is 1. The van der Waals surface area contributed by atoms with Crippen molar-refractivity contribution in [2.24, 2.45) is 5.92 Å². The van der Waals surface area contributed by atoms with Gasteiger partial charge in [-0.2, -0.15) is 0 Å². The van der Waals surface area contributed by atoms with E-state index in [9.17, 15) is 0 Å². The van der Waals surface area contributed by atoms with E-state index >= 15 is 0 Å². The molecule has 0 spiro atoms. The molecule has 0 amide bonds. The Hall–Kier alpha value is -0.340. The summed E-state index contributed by atoms with van der Waals surface area (Å²) in [6.45, 7) is 2.36. The molecule has 68 valence electrons. The molecule has 2 rings (SSSR count). The van der Waals surface area contributed by atoms with Crippen molar-refractivity contribution in [2.75, 3.05) is 6.61 Å². The van der Waals surface area contributed by atoms with Crippen molar-refractivity contribution in [3.63, 3.8) is 0 Å². The molecule has 2 nitrogen and oxygen atoms in total. The molecule has 0 aromatic carbocycles. The third-order valence-electron chi connectivity index (χ3n) is 3.08. The van der Waals surface area contributed by atoms with Gasteiger partial charge >= 0.3 is 0 Å². The number of epoxide rings is 1. The van der Waals surface area contributed by atoms with Crippen molar-refractivity contribution >= 4 is 0 Å². The quantitative estimate of drug-likeness (QED) is 0.500. The fourth-order valence-corrected chi connectivity index (χ4v) is 2.10. The summed E-state index contributed by atoms with van der Waals surface area (Å²) in [4.78, 5) is 0. The first kappa shape index (κ1) is 8.27. The van der Waals surface area contributed by atoms with Crippen LogP contribution in [0.4, 0.5) is 0 Å². The van der Waals surface area contributed by atoms with Gasteiger partial charge < -0.3 is 9.84 Å². The highest BCUT2D eigenvalue weighted by atomic mass is 16.6. The highest BCUT2D eigenvalue weighted by molar-refractivity contribution is 5.07. The van der Waals surface area contributed by atoms with Crippen molar-refractivity contribution in [1.29, 1.82) is 0 Å². The summed E-state index contributed by atoms with van der Waals surface area (Å²) in [5.74, 6) is 0.637. The second kappa shape index (κ2) is 2.86. The van der Waals surface area contributed by atoms with Gasteiger partial charge in [-0.15, -0.1) is 0 Å². The maximum Gasteiger partial charge on any atom is 0.0920 e. The molecule has 1 saturated heterocycles. The topological polar surface area (TPSA) is 32.8 Å².